The van der Waals surface area contributed by atoms with Gasteiger partial charge in [0.25, 0.3) is 0 Å². The Morgan fingerprint density at radius 2 is 1.59 bits per heavy atom. The van der Waals surface area contributed by atoms with E-state index in [2.05, 4.69) is 0 Å². The molecule has 0 aromatic heterocycles. The van der Waals surface area contributed by atoms with Crippen molar-refractivity contribution in [1.29, 1.82) is 0 Å². The summed E-state index contributed by atoms with van der Waals surface area (Å²) in [7, 11) is 0. The Hall–Kier alpha value is -2.53. The van der Waals surface area contributed by atoms with Gasteiger partial charge in [-0.05, 0) is 54.7 Å². The Morgan fingerprint density at radius 1 is 0.828 bits per heavy atom. The minimum atomic E-state index is -0.523. The molecular weight excluding hydrogens is 388 g/mol. The Bertz CT molecular complexity index is 898. The molecule has 3 aromatic carbocycles. The van der Waals surface area contributed by atoms with Crippen LogP contribution in [0.15, 0.2) is 72.8 Å². The SMILES string of the molecule is OCCC(O)CCc1ccc(Oc2cccc(OCc3ccccc3)c2)cc1Cl. The molecule has 0 bridgehead atoms. The smallest absolute Gasteiger partial charge is 0.131 e. The van der Waals surface area contributed by atoms with Gasteiger partial charge in [-0.15, -0.1) is 0 Å². The van der Waals surface area contributed by atoms with Crippen LogP contribution in [-0.4, -0.2) is 22.9 Å². The first-order chi connectivity index (χ1) is 14.1. The molecule has 5 heteroatoms. The van der Waals surface area contributed by atoms with Gasteiger partial charge in [0.05, 0.1) is 6.10 Å². The van der Waals surface area contributed by atoms with Crippen LogP contribution in [-0.2, 0) is 13.0 Å². The molecular formula is C24H25ClO4. The summed E-state index contributed by atoms with van der Waals surface area (Å²) in [5, 5.41) is 19.2. The highest BCUT2D eigenvalue weighted by Gasteiger charge is 2.08. The van der Waals surface area contributed by atoms with Gasteiger partial charge >= 0.3 is 0 Å². The Balaban J connectivity index is 1.59. The molecule has 0 saturated carbocycles. The fourth-order valence-corrected chi connectivity index (χ4v) is 3.18. The van der Waals surface area contributed by atoms with E-state index in [0.29, 0.717) is 42.4 Å². The summed E-state index contributed by atoms with van der Waals surface area (Å²) in [5.41, 5.74) is 2.04. The summed E-state index contributed by atoms with van der Waals surface area (Å²) in [6.45, 7) is 0.475. The molecule has 0 amide bonds. The van der Waals surface area contributed by atoms with Gasteiger partial charge in [-0.2, -0.15) is 0 Å². The van der Waals surface area contributed by atoms with E-state index in [-0.39, 0.29) is 6.61 Å². The number of hydrogen-bond acceptors (Lipinski definition) is 4. The number of ether oxygens (including phenoxy) is 2. The lowest BCUT2D eigenvalue weighted by Crippen LogP contribution is -2.10. The van der Waals surface area contributed by atoms with Gasteiger partial charge in [0, 0.05) is 17.7 Å². The first-order valence-corrected chi connectivity index (χ1v) is 10.0. The van der Waals surface area contributed by atoms with Gasteiger partial charge in [0.1, 0.15) is 23.9 Å². The van der Waals surface area contributed by atoms with Crippen molar-refractivity contribution in [2.24, 2.45) is 0 Å². The molecule has 0 spiro atoms. The molecule has 2 N–H and O–H groups in total. The fraction of sp³-hybridized carbons (Fsp3) is 0.250. The highest BCUT2D eigenvalue weighted by atomic mass is 35.5. The third-order valence-corrected chi connectivity index (χ3v) is 4.88. The van der Waals surface area contributed by atoms with Gasteiger partial charge in [-0.1, -0.05) is 54.1 Å². The number of halogens is 1. The van der Waals surface area contributed by atoms with Crippen molar-refractivity contribution < 1.29 is 19.7 Å². The lowest BCUT2D eigenvalue weighted by molar-refractivity contribution is 0.125. The van der Waals surface area contributed by atoms with Gasteiger partial charge < -0.3 is 19.7 Å². The van der Waals surface area contributed by atoms with Gasteiger partial charge in [-0.25, -0.2) is 0 Å². The van der Waals surface area contributed by atoms with Crippen LogP contribution in [0.3, 0.4) is 0 Å². The number of aryl methyl sites for hydroxylation is 1. The summed E-state index contributed by atoms with van der Waals surface area (Å²) < 4.78 is 11.8. The molecule has 4 nitrogen and oxygen atoms in total. The van der Waals surface area contributed by atoms with Crippen LogP contribution in [0.25, 0.3) is 0 Å². The third kappa shape index (κ3) is 6.79. The van der Waals surface area contributed by atoms with Crippen LogP contribution in [0.2, 0.25) is 5.02 Å². The number of aliphatic hydroxyl groups excluding tert-OH is 2. The van der Waals surface area contributed by atoms with E-state index in [0.717, 1.165) is 16.9 Å². The Morgan fingerprint density at radius 3 is 2.34 bits per heavy atom. The molecule has 0 heterocycles. The van der Waals surface area contributed by atoms with Crippen LogP contribution in [0.5, 0.6) is 17.2 Å². The molecule has 0 aliphatic heterocycles. The predicted molar refractivity (Wildman–Crippen MR) is 115 cm³/mol. The number of rotatable bonds is 10. The standard InChI is InChI=1S/C24H25ClO4/c25-24-16-23(12-10-19(24)9-11-20(27)13-14-26)29-22-8-4-7-21(15-22)28-17-18-5-2-1-3-6-18/h1-8,10,12,15-16,20,26-27H,9,11,13-14,17H2. The van der Waals surface area contributed by atoms with Crippen molar-refractivity contribution in [2.75, 3.05) is 6.61 Å². The molecule has 0 aliphatic carbocycles. The third-order valence-electron chi connectivity index (χ3n) is 4.52. The summed E-state index contributed by atoms with van der Waals surface area (Å²) in [4.78, 5) is 0. The minimum absolute atomic E-state index is 0.0181. The predicted octanol–water partition coefficient (Wildman–Crippen LogP) is 5.39. The molecule has 0 saturated heterocycles. The normalized spacial score (nSPS) is 11.8. The highest BCUT2D eigenvalue weighted by molar-refractivity contribution is 6.31. The Labute approximate surface area is 176 Å². The largest absolute Gasteiger partial charge is 0.489 e. The van der Waals surface area contributed by atoms with E-state index in [1.54, 1.807) is 6.07 Å². The summed E-state index contributed by atoms with van der Waals surface area (Å²) in [6, 6.07) is 23.0. The summed E-state index contributed by atoms with van der Waals surface area (Å²) in [6.07, 6.45) is 1.05. The van der Waals surface area contributed by atoms with Crippen LogP contribution >= 0.6 is 11.6 Å². The first-order valence-electron chi connectivity index (χ1n) is 9.66. The molecule has 1 unspecified atom stereocenters. The average Bonchev–Trinajstić information content (AvgIpc) is 2.73. The van der Waals surface area contributed by atoms with Crippen molar-refractivity contribution in [3.8, 4) is 17.2 Å². The maximum Gasteiger partial charge on any atom is 0.131 e. The topological polar surface area (TPSA) is 58.9 Å². The number of hydrogen-bond donors (Lipinski definition) is 2. The summed E-state index contributed by atoms with van der Waals surface area (Å²) >= 11 is 6.37. The lowest BCUT2D eigenvalue weighted by atomic mass is 10.1. The molecule has 3 aromatic rings. The zero-order chi connectivity index (χ0) is 20.5. The fourth-order valence-electron chi connectivity index (χ4n) is 2.91. The van der Waals surface area contributed by atoms with E-state index >= 15 is 0 Å². The van der Waals surface area contributed by atoms with Crippen LogP contribution in [0.4, 0.5) is 0 Å². The van der Waals surface area contributed by atoms with Gasteiger partial charge in [-0.3, -0.25) is 0 Å². The van der Waals surface area contributed by atoms with Crippen LogP contribution < -0.4 is 9.47 Å². The van der Waals surface area contributed by atoms with Crippen LogP contribution in [0, 0.1) is 0 Å². The molecule has 29 heavy (non-hydrogen) atoms. The van der Waals surface area contributed by atoms with Crippen molar-refractivity contribution >= 4 is 11.6 Å². The number of aliphatic hydroxyl groups is 2. The molecule has 152 valence electrons. The van der Waals surface area contributed by atoms with Crippen molar-refractivity contribution in [3.05, 3.63) is 88.9 Å². The highest BCUT2D eigenvalue weighted by Crippen LogP contribution is 2.29. The second kappa shape index (κ2) is 10.9. The van der Waals surface area contributed by atoms with Gasteiger partial charge in [0.15, 0.2) is 0 Å². The quantitative estimate of drug-likeness (QED) is 0.469. The van der Waals surface area contributed by atoms with Crippen LogP contribution in [0.1, 0.15) is 24.0 Å². The zero-order valence-electron chi connectivity index (χ0n) is 16.1. The van der Waals surface area contributed by atoms with E-state index in [1.165, 1.54) is 0 Å². The van der Waals surface area contributed by atoms with Crippen molar-refractivity contribution in [3.63, 3.8) is 0 Å². The second-order valence-electron chi connectivity index (χ2n) is 6.81. The van der Waals surface area contributed by atoms with E-state index in [1.807, 2.05) is 66.7 Å². The van der Waals surface area contributed by atoms with E-state index < -0.39 is 6.10 Å². The van der Waals surface area contributed by atoms with Gasteiger partial charge in [0.2, 0.25) is 0 Å². The molecule has 0 aliphatic rings. The molecule has 0 fully saturated rings. The maximum atomic E-state index is 9.75. The van der Waals surface area contributed by atoms with Crippen molar-refractivity contribution in [1.82, 2.24) is 0 Å². The first kappa shape index (κ1) is 21.2. The van der Waals surface area contributed by atoms with E-state index in [9.17, 15) is 5.11 Å². The Kier molecular flexibility index (Phi) is 7.94. The summed E-state index contributed by atoms with van der Waals surface area (Å²) in [5.74, 6) is 2.03. The zero-order valence-corrected chi connectivity index (χ0v) is 16.9. The molecule has 0 radical (unpaired) electrons. The lowest BCUT2D eigenvalue weighted by Gasteiger charge is -2.12. The number of benzene rings is 3. The molecule has 3 rings (SSSR count). The maximum absolute atomic E-state index is 9.75. The second-order valence-corrected chi connectivity index (χ2v) is 7.22. The van der Waals surface area contributed by atoms with Crippen molar-refractivity contribution in [2.45, 2.75) is 32.0 Å². The average molecular weight is 413 g/mol. The molecule has 1 atom stereocenters. The van der Waals surface area contributed by atoms with E-state index in [4.69, 9.17) is 26.2 Å². The monoisotopic (exact) mass is 412 g/mol. The minimum Gasteiger partial charge on any atom is -0.489 e.